The molecule has 3 heterocycles. The molecule has 13 heteroatoms. The molecule has 0 atom stereocenters. The first-order valence-electron chi connectivity index (χ1n) is 11.1. The molecule has 2 aliphatic heterocycles. The maximum absolute atomic E-state index is 13.3. The van der Waals surface area contributed by atoms with Crippen LogP contribution in [0.4, 0.5) is 35.2 Å². The molecule has 1 aromatic carbocycles. The highest BCUT2D eigenvalue weighted by molar-refractivity contribution is 7.88. The zero-order valence-corrected chi connectivity index (χ0v) is 20.1. The van der Waals surface area contributed by atoms with Crippen molar-refractivity contribution in [3.63, 3.8) is 0 Å². The standard InChI is InChI=1S/C22H27F3N6O3S/c1-14-7-9-30(10-8-14)20-15(3-6-19(28-20)22(23,24)25)12-26-21(32)27-17-4-5-18-16(11-17)13-31(29-18)35(2,33)34/h3-6,11,14,29H,7-10,12-13H2,1-2H3,(H2,26,27,32). The van der Waals surface area contributed by atoms with Gasteiger partial charge in [-0.05, 0) is 48.6 Å². The van der Waals surface area contributed by atoms with Crippen LogP contribution in [0.1, 0.15) is 36.6 Å². The molecule has 2 aliphatic rings. The highest BCUT2D eigenvalue weighted by Crippen LogP contribution is 2.32. The van der Waals surface area contributed by atoms with Gasteiger partial charge in [-0.2, -0.15) is 13.2 Å². The fourth-order valence-electron chi connectivity index (χ4n) is 4.06. The van der Waals surface area contributed by atoms with Gasteiger partial charge in [0.05, 0.1) is 18.5 Å². The van der Waals surface area contributed by atoms with E-state index in [0.29, 0.717) is 41.5 Å². The molecule has 4 rings (SSSR count). The molecule has 0 radical (unpaired) electrons. The van der Waals surface area contributed by atoms with Crippen LogP contribution < -0.4 is 21.0 Å². The topological polar surface area (TPSA) is 107 Å². The third-order valence-electron chi connectivity index (χ3n) is 6.09. The molecule has 2 aromatic rings. The van der Waals surface area contributed by atoms with Crippen LogP contribution in [0.5, 0.6) is 0 Å². The van der Waals surface area contributed by atoms with Crippen LogP contribution in [0.25, 0.3) is 0 Å². The van der Waals surface area contributed by atoms with Crippen molar-refractivity contribution in [1.82, 2.24) is 14.7 Å². The number of halogens is 3. The number of sulfonamides is 1. The quantitative estimate of drug-likeness (QED) is 0.563. The number of fused-ring (bicyclic) bond motifs is 1. The van der Waals surface area contributed by atoms with E-state index >= 15 is 0 Å². The summed E-state index contributed by atoms with van der Waals surface area (Å²) in [4.78, 5) is 18.2. The summed E-state index contributed by atoms with van der Waals surface area (Å²) in [5.74, 6) is 0.730. The van der Waals surface area contributed by atoms with Crippen LogP contribution >= 0.6 is 0 Å². The maximum Gasteiger partial charge on any atom is 0.433 e. The van der Waals surface area contributed by atoms with Gasteiger partial charge in [-0.25, -0.2) is 18.2 Å². The van der Waals surface area contributed by atoms with Gasteiger partial charge in [-0.15, -0.1) is 4.41 Å². The van der Waals surface area contributed by atoms with E-state index in [4.69, 9.17) is 0 Å². The number of alkyl halides is 3. The second-order valence-electron chi connectivity index (χ2n) is 8.91. The fraction of sp³-hybridized carbons (Fsp3) is 0.455. The van der Waals surface area contributed by atoms with Crippen LogP contribution in [-0.4, -0.2) is 43.2 Å². The van der Waals surface area contributed by atoms with Gasteiger partial charge < -0.3 is 21.0 Å². The number of aromatic nitrogens is 1. The van der Waals surface area contributed by atoms with Crippen LogP contribution in [0.2, 0.25) is 0 Å². The van der Waals surface area contributed by atoms with Gasteiger partial charge in [0.15, 0.2) is 0 Å². The van der Waals surface area contributed by atoms with E-state index in [1.807, 2.05) is 4.90 Å². The SMILES string of the molecule is CC1CCN(c2nc(C(F)(F)F)ccc2CNC(=O)Nc2ccc3c(c2)CN(S(C)(=O)=O)N3)CC1. The normalized spacial score (nSPS) is 17.1. The van der Waals surface area contributed by atoms with Crippen LogP contribution in [0, 0.1) is 5.92 Å². The number of carbonyl (C=O) groups excluding carboxylic acids is 1. The Morgan fingerprint density at radius 1 is 1.20 bits per heavy atom. The van der Waals surface area contributed by atoms with Crippen molar-refractivity contribution >= 4 is 33.2 Å². The molecular formula is C22H27F3N6O3S. The number of hydrogen-bond acceptors (Lipinski definition) is 6. The van der Waals surface area contributed by atoms with E-state index in [2.05, 4.69) is 28.0 Å². The summed E-state index contributed by atoms with van der Waals surface area (Å²) in [6.07, 6.45) is -1.76. The Morgan fingerprint density at radius 2 is 1.91 bits per heavy atom. The summed E-state index contributed by atoms with van der Waals surface area (Å²) in [7, 11) is -3.43. The molecule has 0 spiro atoms. The number of hydrogen-bond donors (Lipinski definition) is 3. The van der Waals surface area contributed by atoms with E-state index in [-0.39, 0.29) is 18.9 Å². The maximum atomic E-state index is 13.3. The Bertz CT molecular complexity index is 1210. The number of anilines is 3. The summed E-state index contributed by atoms with van der Waals surface area (Å²) < 4.78 is 64.4. The number of hydrazine groups is 1. The van der Waals surface area contributed by atoms with Crippen molar-refractivity contribution in [2.45, 2.75) is 39.0 Å². The summed E-state index contributed by atoms with van der Waals surface area (Å²) in [5.41, 5.74) is 4.08. The molecule has 3 N–H and O–H groups in total. The molecule has 0 unspecified atom stereocenters. The van der Waals surface area contributed by atoms with Gasteiger partial charge in [0.2, 0.25) is 10.0 Å². The van der Waals surface area contributed by atoms with Crippen molar-refractivity contribution < 1.29 is 26.4 Å². The first-order valence-corrected chi connectivity index (χ1v) is 13.0. The number of carbonyl (C=O) groups is 1. The van der Waals surface area contributed by atoms with Crippen LogP contribution in [0.3, 0.4) is 0 Å². The molecule has 0 bridgehead atoms. The third kappa shape index (κ3) is 5.96. The van der Waals surface area contributed by atoms with E-state index in [1.54, 1.807) is 18.2 Å². The highest BCUT2D eigenvalue weighted by atomic mass is 32.2. The Morgan fingerprint density at radius 3 is 2.57 bits per heavy atom. The first kappa shape index (κ1) is 25.0. The molecule has 2 amide bonds. The number of nitrogens with one attached hydrogen (secondary N) is 3. The predicted octanol–water partition coefficient (Wildman–Crippen LogP) is 3.76. The lowest BCUT2D eigenvalue weighted by atomic mass is 9.99. The lowest BCUT2D eigenvalue weighted by Gasteiger charge is -2.33. The van der Waals surface area contributed by atoms with Gasteiger partial charge in [0, 0.05) is 30.9 Å². The Hall–Kier alpha value is -3.06. The molecule has 9 nitrogen and oxygen atoms in total. The van der Waals surface area contributed by atoms with E-state index in [0.717, 1.165) is 29.6 Å². The zero-order chi connectivity index (χ0) is 25.4. The highest BCUT2D eigenvalue weighted by Gasteiger charge is 2.34. The van der Waals surface area contributed by atoms with E-state index < -0.39 is 27.9 Å². The van der Waals surface area contributed by atoms with E-state index in [9.17, 15) is 26.4 Å². The number of pyridine rings is 1. The second-order valence-corrected chi connectivity index (χ2v) is 10.8. The van der Waals surface area contributed by atoms with E-state index in [1.165, 1.54) is 6.07 Å². The minimum atomic E-state index is -4.56. The Kier molecular flexibility index (Phi) is 6.82. The summed E-state index contributed by atoms with van der Waals surface area (Å²) >= 11 is 0. The molecule has 1 saturated heterocycles. The molecule has 1 aromatic heterocycles. The predicted molar refractivity (Wildman–Crippen MR) is 126 cm³/mol. The number of benzene rings is 1. The molecule has 0 aliphatic carbocycles. The summed E-state index contributed by atoms with van der Waals surface area (Å²) in [6, 6.07) is 6.67. The van der Waals surface area contributed by atoms with Crippen molar-refractivity contribution in [2.24, 2.45) is 5.92 Å². The average Bonchev–Trinajstić information content (AvgIpc) is 3.22. The molecular weight excluding hydrogens is 485 g/mol. The first-order chi connectivity index (χ1) is 16.4. The molecule has 35 heavy (non-hydrogen) atoms. The van der Waals surface area contributed by atoms with Crippen molar-refractivity contribution in [3.05, 3.63) is 47.2 Å². The van der Waals surface area contributed by atoms with Gasteiger partial charge in [-0.3, -0.25) is 0 Å². The van der Waals surface area contributed by atoms with Crippen LogP contribution in [0.15, 0.2) is 30.3 Å². The largest absolute Gasteiger partial charge is 0.433 e. The minimum absolute atomic E-state index is 0.00723. The van der Waals surface area contributed by atoms with Crippen molar-refractivity contribution in [2.75, 3.05) is 35.0 Å². The number of rotatable bonds is 5. The number of amides is 2. The minimum Gasteiger partial charge on any atom is -0.356 e. The Labute approximate surface area is 201 Å². The lowest BCUT2D eigenvalue weighted by Crippen LogP contribution is -2.35. The molecule has 190 valence electrons. The van der Waals surface area contributed by atoms with Gasteiger partial charge in [-0.1, -0.05) is 13.0 Å². The zero-order valence-electron chi connectivity index (χ0n) is 19.3. The number of urea groups is 1. The number of nitrogens with zero attached hydrogens (tertiary/aromatic N) is 3. The molecule has 0 saturated carbocycles. The van der Waals surface area contributed by atoms with Crippen LogP contribution in [-0.2, 0) is 29.3 Å². The second kappa shape index (κ2) is 9.53. The van der Waals surface area contributed by atoms with Crippen molar-refractivity contribution in [3.8, 4) is 0 Å². The smallest absolute Gasteiger partial charge is 0.356 e. The monoisotopic (exact) mass is 512 g/mol. The Balaban J connectivity index is 1.44. The van der Waals surface area contributed by atoms with Gasteiger partial charge in [0.1, 0.15) is 11.5 Å². The lowest BCUT2D eigenvalue weighted by molar-refractivity contribution is -0.141. The fourth-order valence-corrected chi connectivity index (χ4v) is 4.70. The number of piperidine rings is 1. The van der Waals surface area contributed by atoms with Gasteiger partial charge in [0.25, 0.3) is 0 Å². The van der Waals surface area contributed by atoms with Gasteiger partial charge >= 0.3 is 12.2 Å². The summed E-state index contributed by atoms with van der Waals surface area (Å²) in [6.45, 7) is 3.43. The van der Waals surface area contributed by atoms with Crippen molar-refractivity contribution in [1.29, 1.82) is 0 Å². The summed E-state index contributed by atoms with van der Waals surface area (Å²) in [5, 5.41) is 5.35. The third-order valence-corrected chi connectivity index (χ3v) is 7.11. The average molecular weight is 513 g/mol. The molecule has 1 fully saturated rings.